The number of carbonyl (C=O) groups is 1. The summed E-state index contributed by atoms with van der Waals surface area (Å²) >= 11 is 1.41. The summed E-state index contributed by atoms with van der Waals surface area (Å²) < 4.78 is 1.68. The summed E-state index contributed by atoms with van der Waals surface area (Å²) in [4.78, 5) is 24.9. The quantitative estimate of drug-likeness (QED) is 0.749. The topological polar surface area (TPSA) is 94.8 Å². The molecule has 1 heterocycles. The first kappa shape index (κ1) is 14.7. The molecule has 2 rings (SSSR count). The highest BCUT2D eigenvalue weighted by Gasteiger charge is 2.28. The van der Waals surface area contributed by atoms with Crippen LogP contribution in [-0.4, -0.2) is 44.9 Å². The van der Waals surface area contributed by atoms with E-state index >= 15 is 0 Å². The second-order valence-electron chi connectivity index (χ2n) is 4.73. The summed E-state index contributed by atoms with van der Waals surface area (Å²) in [6.45, 7) is 0.454. The maximum absolute atomic E-state index is 11.8. The third kappa shape index (κ3) is 3.63. The van der Waals surface area contributed by atoms with Crippen LogP contribution in [0.4, 0.5) is 0 Å². The fourth-order valence-corrected chi connectivity index (χ4v) is 2.75. The second kappa shape index (κ2) is 6.61. The van der Waals surface area contributed by atoms with Gasteiger partial charge in [0, 0.05) is 31.8 Å². The Bertz CT molecular complexity index is 569. The summed E-state index contributed by atoms with van der Waals surface area (Å²) in [7, 11) is 1.69. The molecule has 1 aromatic rings. The minimum atomic E-state index is -0.174. The van der Waals surface area contributed by atoms with Gasteiger partial charge in [0.2, 0.25) is 5.91 Å². The van der Waals surface area contributed by atoms with E-state index in [2.05, 4.69) is 10.2 Å². The average Bonchev–Trinajstić information content (AvgIpc) is 3.20. The van der Waals surface area contributed by atoms with E-state index in [9.17, 15) is 9.59 Å². The molecule has 0 aromatic carbocycles. The van der Waals surface area contributed by atoms with Crippen LogP contribution in [0.1, 0.15) is 31.7 Å². The van der Waals surface area contributed by atoms with Crippen molar-refractivity contribution in [2.75, 3.05) is 19.3 Å². The van der Waals surface area contributed by atoms with Gasteiger partial charge in [0.15, 0.2) is 5.16 Å². The molecule has 1 amide bonds. The predicted octanol–water partition coefficient (Wildman–Crippen LogP) is 0.761. The summed E-state index contributed by atoms with van der Waals surface area (Å²) in [6.07, 6.45) is 2.75. The summed E-state index contributed by atoms with van der Waals surface area (Å²) in [6, 6.07) is 2.29. The van der Waals surface area contributed by atoms with Crippen LogP contribution in [0.25, 0.3) is 0 Å². The zero-order valence-electron chi connectivity index (χ0n) is 11.3. The van der Waals surface area contributed by atoms with Gasteiger partial charge in [-0.3, -0.25) is 9.36 Å². The van der Waals surface area contributed by atoms with Gasteiger partial charge in [-0.05, 0) is 12.8 Å². The largest absolute Gasteiger partial charge is 0.345 e. The third-order valence-electron chi connectivity index (χ3n) is 3.12. The lowest BCUT2D eigenvalue weighted by Crippen LogP contribution is -2.27. The lowest BCUT2D eigenvalue weighted by atomic mass is 10.3. The fraction of sp³-hybridized carbons (Fsp3) is 0.667. The van der Waals surface area contributed by atoms with Gasteiger partial charge < -0.3 is 4.90 Å². The molecule has 8 heteroatoms. The number of hydrogen-bond acceptors (Lipinski definition) is 5. The molecule has 0 atom stereocenters. The van der Waals surface area contributed by atoms with Crippen molar-refractivity contribution in [3.8, 4) is 6.07 Å². The highest BCUT2D eigenvalue weighted by molar-refractivity contribution is 7.99. The molecule has 1 aromatic heterocycles. The first-order valence-electron chi connectivity index (χ1n) is 6.54. The highest BCUT2D eigenvalue weighted by atomic mass is 32.2. The van der Waals surface area contributed by atoms with Crippen LogP contribution in [0, 0.1) is 11.3 Å². The van der Waals surface area contributed by atoms with E-state index in [4.69, 9.17) is 5.26 Å². The van der Waals surface area contributed by atoms with Gasteiger partial charge in [0.25, 0.3) is 0 Å². The monoisotopic (exact) mass is 295 g/mol. The Morgan fingerprint density at radius 1 is 1.65 bits per heavy atom. The van der Waals surface area contributed by atoms with Crippen molar-refractivity contribution in [1.29, 1.82) is 5.26 Å². The molecule has 1 aliphatic rings. The number of nitriles is 1. The second-order valence-corrected chi connectivity index (χ2v) is 5.80. The molecule has 1 fully saturated rings. The Morgan fingerprint density at radius 3 is 3.05 bits per heavy atom. The Kier molecular flexibility index (Phi) is 4.84. The molecule has 0 spiro atoms. The van der Waals surface area contributed by atoms with Gasteiger partial charge in [-0.15, -0.1) is 5.10 Å². The first-order valence-corrected chi connectivity index (χ1v) is 7.52. The zero-order valence-corrected chi connectivity index (χ0v) is 12.2. The zero-order chi connectivity index (χ0) is 14.5. The van der Waals surface area contributed by atoms with Gasteiger partial charge >= 0.3 is 5.69 Å². The van der Waals surface area contributed by atoms with Crippen LogP contribution in [-0.2, 0) is 4.79 Å². The van der Waals surface area contributed by atoms with Crippen molar-refractivity contribution >= 4 is 17.7 Å². The standard InChI is InChI=1S/C12H17N5O2S/c1-16(7-2-6-13)10(18)5-8-20-12-15-14-11(19)17(12)9-3-4-9/h9H,2-5,7-8H2,1H3,(H,14,19). The number of rotatable bonds is 7. The molecule has 1 N–H and O–H groups in total. The number of aromatic amines is 1. The lowest BCUT2D eigenvalue weighted by Gasteiger charge is -2.14. The number of aromatic nitrogens is 3. The molecule has 1 aliphatic carbocycles. The minimum Gasteiger partial charge on any atom is -0.345 e. The van der Waals surface area contributed by atoms with Crippen molar-refractivity contribution in [2.45, 2.75) is 36.9 Å². The summed E-state index contributed by atoms with van der Waals surface area (Å²) in [5.41, 5.74) is -0.174. The van der Waals surface area contributed by atoms with E-state index in [1.807, 2.05) is 6.07 Å². The Labute approximate surface area is 121 Å². The smallest absolute Gasteiger partial charge is 0.344 e. The van der Waals surface area contributed by atoms with E-state index in [0.717, 1.165) is 12.8 Å². The molecule has 0 unspecified atom stereocenters. The van der Waals surface area contributed by atoms with Crippen LogP contribution in [0.2, 0.25) is 0 Å². The Balaban J connectivity index is 1.80. The molecule has 0 bridgehead atoms. The molecular weight excluding hydrogens is 278 g/mol. The van der Waals surface area contributed by atoms with Crippen LogP contribution >= 0.6 is 11.8 Å². The van der Waals surface area contributed by atoms with Gasteiger partial charge in [-0.1, -0.05) is 11.8 Å². The molecule has 108 valence electrons. The van der Waals surface area contributed by atoms with Crippen molar-refractivity contribution in [3.05, 3.63) is 10.5 Å². The molecule has 7 nitrogen and oxygen atoms in total. The Hall–Kier alpha value is -1.75. The highest BCUT2D eigenvalue weighted by Crippen LogP contribution is 2.36. The van der Waals surface area contributed by atoms with Crippen molar-refractivity contribution in [1.82, 2.24) is 19.7 Å². The van der Waals surface area contributed by atoms with E-state index in [0.29, 0.717) is 30.3 Å². The van der Waals surface area contributed by atoms with Crippen LogP contribution < -0.4 is 5.69 Å². The van der Waals surface area contributed by atoms with E-state index in [1.54, 1.807) is 16.5 Å². The number of amides is 1. The first-order chi connectivity index (χ1) is 9.63. The van der Waals surface area contributed by atoms with Crippen LogP contribution in [0.5, 0.6) is 0 Å². The van der Waals surface area contributed by atoms with Crippen LogP contribution in [0.15, 0.2) is 9.95 Å². The summed E-state index contributed by atoms with van der Waals surface area (Å²) in [5, 5.41) is 15.6. The minimum absolute atomic E-state index is 0.00334. The van der Waals surface area contributed by atoms with E-state index < -0.39 is 0 Å². The van der Waals surface area contributed by atoms with Crippen molar-refractivity contribution in [2.24, 2.45) is 0 Å². The molecule has 1 saturated carbocycles. The number of thioether (sulfide) groups is 1. The maximum Gasteiger partial charge on any atom is 0.344 e. The number of nitrogens with zero attached hydrogens (tertiary/aromatic N) is 4. The van der Waals surface area contributed by atoms with Gasteiger partial charge in [-0.25, -0.2) is 9.89 Å². The van der Waals surface area contributed by atoms with Gasteiger partial charge in [0.05, 0.1) is 12.5 Å². The maximum atomic E-state index is 11.8. The molecule has 20 heavy (non-hydrogen) atoms. The SMILES string of the molecule is CN(CCC#N)C(=O)CCSc1n[nH]c(=O)n1C1CC1. The molecular formula is C12H17N5O2S. The third-order valence-corrected chi connectivity index (χ3v) is 4.07. The van der Waals surface area contributed by atoms with E-state index in [-0.39, 0.29) is 17.6 Å². The normalized spacial score (nSPS) is 14.0. The predicted molar refractivity (Wildman–Crippen MR) is 74.3 cm³/mol. The summed E-state index contributed by atoms with van der Waals surface area (Å²) in [5.74, 6) is 0.579. The molecule has 0 radical (unpaired) electrons. The number of nitrogens with one attached hydrogen (secondary N) is 1. The average molecular weight is 295 g/mol. The molecule has 0 aliphatic heterocycles. The fourth-order valence-electron chi connectivity index (χ4n) is 1.81. The number of H-pyrrole nitrogens is 1. The molecule has 0 saturated heterocycles. The lowest BCUT2D eigenvalue weighted by molar-refractivity contribution is -0.129. The van der Waals surface area contributed by atoms with Gasteiger partial charge in [0.1, 0.15) is 0 Å². The van der Waals surface area contributed by atoms with Crippen LogP contribution in [0.3, 0.4) is 0 Å². The van der Waals surface area contributed by atoms with Crippen molar-refractivity contribution in [3.63, 3.8) is 0 Å². The number of carbonyl (C=O) groups excluding carboxylic acids is 1. The Morgan fingerprint density at radius 2 is 2.40 bits per heavy atom. The van der Waals surface area contributed by atoms with Gasteiger partial charge in [-0.2, -0.15) is 5.26 Å². The van der Waals surface area contributed by atoms with E-state index in [1.165, 1.54) is 11.8 Å². The number of hydrogen-bond donors (Lipinski definition) is 1. The van der Waals surface area contributed by atoms with Crippen molar-refractivity contribution < 1.29 is 4.79 Å².